The number of rotatable bonds is 0. The molecule has 1 atom stereocenters. The van der Waals surface area contributed by atoms with Crippen molar-refractivity contribution in [3.63, 3.8) is 0 Å². The quantitative estimate of drug-likeness (QED) is 0.649. The molecule has 0 radical (unpaired) electrons. The first-order valence-corrected chi connectivity index (χ1v) is 6.24. The average molecular weight is 236 g/mol. The number of carbonyl (C=O) groups excluding carboxylic acids is 1. The van der Waals surface area contributed by atoms with Crippen LogP contribution < -0.4 is 0 Å². The average Bonchev–Trinajstić information content (AvgIpc) is 2.90. The molecule has 0 unspecified atom stereocenters. The Labute approximate surface area is 103 Å². The standard InChI is InChI=1S/C13H20N2O2/c1-12(2,3)17-11(16)15-6-4-13(5-7-15)8-10(13)9-14/h10H,4-8H2,1-3H3/t10-/m1/s1. The van der Waals surface area contributed by atoms with E-state index in [-0.39, 0.29) is 17.4 Å². The fraction of sp³-hybridized carbons (Fsp3) is 0.846. The summed E-state index contributed by atoms with van der Waals surface area (Å²) in [6, 6.07) is 2.35. The van der Waals surface area contributed by atoms with E-state index in [1.807, 2.05) is 20.8 Å². The number of hydrogen-bond donors (Lipinski definition) is 0. The van der Waals surface area contributed by atoms with Gasteiger partial charge in [0.2, 0.25) is 0 Å². The number of nitrogens with zero attached hydrogens (tertiary/aromatic N) is 2. The molecule has 0 aromatic rings. The zero-order valence-electron chi connectivity index (χ0n) is 10.8. The van der Waals surface area contributed by atoms with E-state index in [1.165, 1.54) is 0 Å². The molecule has 94 valence electrons. The zero-order valence-corrected chi connectivity index (χ0v) is 10.8. The van der Waals surface area contributed by atoms with E-state index in [9.17, 15) is 4.79 Å². The van der Waals surface area contributed by atoms with Crippen LogP contribution in [-0.4, -0.2) is 29.7 Å². The Morgan fingerprint density at radius 3 is 2.41 bits per heavy atom. The minimum absolute atomic E-state index is 0.221. The normalized spacial score (nSPS) is 26.5. The summed E-state index contributed by atoms with van der Waals surface area (Å²) in [5, 5.41) is 8.90. The van der Waals surface area contributed by atoms with Crippen LogP contribution >= 0.6 is 0 Å². The van der Waals surface area contributed by atoms with Crippen LogP contribution in [0.15, 0.2) is 0 Å². The van der Waals surface area contributed by atoms with Gasteiger partial charge in [0.25, 0.3) is 0 Å². The maximum atomic E-state index is 11.8. The molecule has 1 amide bonds. The molecule has 2 aliphatic rings. The second-order valence-corrected chi connectivity index (χ2v) is 6.22. The summed E-state index contributed by atoms with van der Waals surface area (Å²) in [6.45, 7) is 7.09. The van der Waals surface area contributed by atoms with Crippen LogP contribution in [-0.2, 0) is 4.74 Å². The highest BCUT2D eigenvalue weighted by molar-refractivity contribution is 5.68. The van der Waals surface area contributed by atoms with E-state index in [4.69, 9.17) is 10.00 Å². The first kappa shape index (κ1) is 12.2. The van der Waals surface area contributed by atoms with E-state index in [2.05, 4.69) is 6.07 Å². The maximum absolute atomic E-state index is 11.8. The largest absolute Gasteiger partial charge is 0.444 e. The molecule has 0 bridgehead atoms. The SMILES string of the molecule is CC(C)(C)OC(=O)N1CCC2(CC1)C[C@@H]2C#N. The number of likely N-dealkylation sites (tertiary alicyclic amines) is 1. The predicted molar refractivity (Wildman–Crippen MR) is 63.2 cm³/mol. The van der Waals surface area contributed by atoms with Crippen molar-refractivity contribution in [2.24, 2.45) is 11.3 Å². The molecule has 17 heavy (non-hydrogen) atoms. The molecule has 0 aromatic heterocycles. The van der Waals surface area contributed by atoms with E-state index in [0.29, 0.717) is 0 Å². The van der Waals surface area contributed by atoms with Crippen molar-refractivity contribution >= 4 is 6.09 Å². The molecule has 4 heteroatoms. The molecule has 1 aliphatic carbocycles. The highest BCUT2D eigenvalue weighted by atomic mass is 16.6. The molecule has 1 saturated heterocycles. The number of amides is 1. The molecule has 0 aromatic carbocycles. The molecule has 1 saturated carbocycles. The Bertz CT molecular complexity index is 357. The van der Waals surface area contributed by atoms with Gasteiger partial charge in [0.15, 0.2) is 0 Å². The minimum atomic E-state index is -0.430. The van der Waals surface area contributed by atoms with Crippen molar-refractivity contribution in [2.45, 2.75) is 45.6 Å². The maximum Gasteiger partial charge on any atom is 0.410 e. The molecule has 2 fully saturated rings. The summed E-state index contributed by atoms with van der Waals surface area (Å²) in [7, 11) is 0. The number of hydrogen-bond acceptors (Lipinski definition) is 3. The summed E-state index contributed by atoms with van der Waals surface area (Å²) in [6.07, 6.45) is 2.70. The van der Waals surface area contributed by atoms with E-state index in [0.717, 1.165) is 32.4 Å². The van der Waals surface area contributed by atoms with Gasteiger partial charge in [-0.1, -0.05) is 0 Å². The summed E-state index contributed by atoms with van der Waals surface area (Å²) >= 11 is 0. The lowest BCUT2D eigenvalue weighted by atomic mass is 9.91. The molecule has 1 aliphatic heterocycles. The Kier molecular flexibility index (Phi) is 2.81. The lowest BCUT2D eigenvalue weighted by Gasteiger charge is -2.33. The van der Waals surface area contributed by atoms with Gasteiger partial charge >= 0.3 is 6.09 Å². The van der Waals surface area contributed by atoms with Crippen LogP contribution in [0.3, 0.4) is 0 Å². The van der Waals surface area contributed by atoms with Crippen LogP contribution in [0.25, 0.3) is 0 Å². The second kappa shape index (κ2) is 3.90. The minimum Gasteiger partial charge on any atom is -0.444 e. The van der Waals surface area contributed by atoms with Gasteiger partial charge in [-0.3, -0.25) is 0 Å². The van der Waals surface area contributed by atoms with Crippen molar-refractivity contribution in [1.82, 2.24) is 4.90 Å². The summed E-state index contributed by atoms with van der Waals surface area (Å²) in [4.78, 5) is 13.6. The Morgan fingerprint density at radius 2 is 2.00 bits per heavy atom. The summed E-state index contributed by atoms with van der Waals surface area (Å²) in [5.41, 5.74) is -0.200. The third-order valence-corrected chi connectivity index (χ3v) is 3.76. The van der Waals surface area contributed by atoms with Crippen molar-refractivity contribution in [1.29, 1.82) is 5.26 Å². The van der Waals surface area contributed by atoms with E-state index < -0.39 is 5.60 Å². The van der Waals surface area contributed by atoms with Gasteiger partial charge in [-0.05, 0) is 45.4 Å². The molecule has 1 spiro atoms. The van der Waals surface area contributed by atoms with Gasteiger partial charge in [-0.2, -0.15) is 5.26 Å². The van der Waals surface area contributed by atoms with Crippen molar-refractivity contribution in [2.75, 3.05) is 13.1 Å². The smallest absolute Gasteiger partial charge is 0.410 e. The molecular weight excluding hydrogens is 216 g/mol. The van der Waals surface area contributed by atoms with Crippen LogP contribution in [0.2, 0.25) is 0 Å². The number of carbonyl (C=O) groups is 1. The van der Waals surface area contributed by atoms with Gasteiger partial charge in [0.05, 0.1) is 12.0 Å². The van der Waals surface area contributed by atoms with Crippen molar-refractivity contribution in [3.05, 3.63) is 0 Å². The molecular formula is C13H20N2O2. The lowest BCUT2D eigenvalue weighted by molar-refractivity contribution is 0.0169. The molecule has 4 nitrogen and oxygen atoms in total. The first-order valence-electron chi connectivity index (χ1n) is 6.24. The number of nitriles is 1. The van der Waals surface area contributed by atoms with Gasteiger partial charge in [0, 0.05) is 13.1 Å². The Hall–Kier alpha value is -1.24. The Balaban J connectivity index is 1.84. The van der Waals surface area contributed by atoms with Crippen LogP contribution in [0.1, 0.15) is 40.0 Å². The van der Waals surface area contributed by atoms with Gasteiger partial charge < -0.3 is 9.64 Å². The third kappa shape index (κ3) is 2.54. The van der Waals surface area contributed by atoms with E-state index in [1.54, 1.807) is 4.90 Å². The number of piperidine rings is 1. The summed E-state index contributed by atoms with van der Waals surface area (Å²) in [5.74, 6) is 0.225. The fourth-order valence-electron chi connectivity index (χ4n) is 2.54. The Morgan fingerprint density at radius 1 is 1.41 bits per heavy atom. The lowest BCUT2D eigenvalue weighted by Crippen LogP contribution is -2.42. The monoisotopic (exact) mass is 236 g/mol. The number of ether oxygens (including phenoxy) is 1. The van der Waals surface area contributed by atoms with Crippen molar-refractivity contribution in [3.8, 4) is 6.07 Å². The first-order chi connectivity index (χ1) is 7.86. The van der Waals surface area contributed by atoms with Gasteiger partial charge in [-0.15, -0.1) is 0 Å². The van der Waals surface area contributed by atoms with Crippen molar-refractivity contribution < 1.29 is 9.53 Å². The predicted octanol–water partition coefficient (Wildman–Crippen LogP) is 2.55. The third-order valence-electron chi connectivity index (χ3n) is 3.76. The zero-order chi connectivity index (χ0) is 12.7. The van der Waals surface area contributed by atoms with Gasteiger partial charge in [-0.25, -0.2) is 4.79 Å². The van der Waals surface area contributed by atoms with E-state index >= 15 is 0 Å². The molecule has 0 N–H and O–H groups in total. The topological polar surface area (TPSA) is 53.3 Å². The highest BCUT2D eigenvalue weighted by Crippen LogP contribution is 2.58. The fourth-order valence-corrected chi connectivity index (χ4v) is 2.54. The highest BCUT2D eigenvalue weighted by Gasteiger charge is 2.55. The van der Waals surface area contributed by atoms with Crippen LogP contribution in [0.4, 0.5) is 4.79 Å². The van der Waals surface area contributed by atoms with Crippen LogP contribution in [0, 0.1) is 22.7 Å². The molecule has 1 heterocycles. The van der Waals surface area contributed by atoms with Gasteiger partial charge in [0.1, 0.15) is 5.60 Å². The second-order valence-electron chi connectivity index (χ2n) is 6.22. The summed E-state index contributed by atoms with van der Waals surface area (Å²) < 4.78 is 5.34. The molecule has 2 rings (SSSR count). The van der Waals surface area contributed by atoms with Crippen LogP contribution in [0.5, 0.6) is 0 Å².